The van der Waals surface area contributed by atoms with Gasteiger partial charge in [-0.2, -0.15) is 0 Å². The van der Waals surface area contributed by atoms with E-state index in [1.54, 1.807) is 7.11 Å². The maximum absolute atomic E-state index is 5.53. The first-order valence-corrected chi connectivity index (χ1v) is 6.03. The Morgan fingerprint density at radius 2 is 2.24 bits per heavy atom. The number of rotatable bonds is 5. The van der Waals surface area contributed by atoms with Crippen molar-refractivity contribution in [2.24, 2.45) is 0 Å². The molecule has 6 heteroatoms. The highest BCUT2D eigenvalue weighted by Gasteiger charge is 2.25. The number of anilines is 1. The molecule has 96 valence electrons. The van der Waals surface area contributed by atoms with E-state index in [2.05, 4.69) is 20.8 Å². The molecule has 2 N–H and O–H groups in total. The highest BCUT2D eigenvalue weighted by atomic mass is 16.5. The summed E-state index contributed by atoms with van der Waals surface area (Å²) in [5, 5.41) is 14.3. The van der Waals surface area contributed by atoms with Crippen LogP contribution in [0, 0.1) is 0 Å². The van der Waals surface area contributed by atoms with Gasteiger partial charge in [0.1, 0.15) is 0 Å². The molecule has 0 aromatic carbocycles. The Hall–Kier alpha value is -1.14. The van der Waals surface area contributed by atoms with Crippen LogP contribution in [0.15, 0.2) is 4.42 Å². The molecule has 1 aromatic rings. The van der Waals surface area contributed by atoms with Crippen LogP contribution in [0.25, 0.3) is 0 Å². The van der Waals surface area contributed by atoms with Gasteiger partial charge in [0, 0.05) is 13.2 Å². The van der Waals surface area contributed by atoms with E-state index in [9.17, 15) is 0 Å². The monoisotopic (exact) mass is 240 g/mol. The van der Waals surface area contributed by atoms with Crippen LogP contribution in [-0.2, 0) is 4.74 Å². The Kier molecular flexibility index (Phi) is 3.96. The van der Waals surface area contributed by atoms with Gasteiger partial charge < -0.3 is 19.8 Å². The summed E-state index contributed by atoms with van der Waals surface area (Å²) < 4.78 is 10.9. The van der Waals surface area contributed by atoms with Crippen molar-refractivity contribution in [2.75, 3.05) is 19.5 Å². The summed E-state index contributed by atoms with van der Waals surface area (Å²) in [7, 11) is 3.62. The molecule has 2 rings (SSSR count). The molecule has 0 amide bonds. The van der Waals surface area contributed by atoms with Gasteiger partial charge in [-0.3, -0.25) is 0 Å². The van der Waals surface area contributed by atoms with Crippen molar-refractivity contribution in [1.29, 1.82) is 0 Å². The van der Waals surface area contributed by atoms with Gasteiger partial charge in [0.25, 0.3) is 0 Å². The highest BCUT2D eigenvalue weighted by Crippen LogP contribution is 2.24. The van der Waals surface area contributed by atoms with Crippen molar-refractivity contribution in [2.45, 2.75) is 44.4 Å². The van der Waals surface area contributed by atoms with Crippen molar-refractivity contribution in [3.63, 3.8) is 0 Å². The van der Waals surface area contributed by atoms with Crippen molar-refractivity contribution < 1.29 is 9.15 Å². The Morgan fingerprint density at radius 1 is 1.41 bits per heavy atom. The molecule has 6 nitrogen and oxygen atoms in total. The lowest BCUT2D eigenvalue weighted by Crippen LogP contribution is -2.17. The van der Waals surface area contributed by atoms with Crippen LogP contribution in [0.3, 0.4) is 0 Å². The van der Waals surface area contributed by atoms with Crippen molar-refractivity contribution in [3.05, 3.63) is 5.89 Å². The fraction of sp³-hybridized carbons (Fsp3) is 0.818. The Bertz CT molecular complexity index is 355. The second-order valence-electron chi connectivity index (χ2n) is 4.47. The number of methoxy groups -OCH3 is 1. The Labute approximate surface area is 101 Å². The summed E-state index contributed by atoms with van der Waals surface area (Å²) in [5.41, 5.74) is 0. The number of aromatic nitrogens is 2. The summed E-state index contributed by atoms with van der Waals surface area (Å²) in [4.78, 5) is 0. The zero-order chi connectivity index (χ0) is 12.3. The second-order valence-corrected chi connectivity index (χ2v) is 4.47. The van der Waals surface area contributed by atoms with Gasteiger partial charge in [-0.25, -0.2) is 0 Å². The maximum Gasteiger partial charge on any atom is 0.315 e. The average Bonchev–Trinajstić information content (AvgIpc) is 2.97. The van der Waals surface area contributed by atoms with E-state index in [0.717, 1.165) is 19.3 Å². The zero-order valence-electron chi connectivity index (χ0n) is 10.6. The predicted molar refractivity (Wildman–Crippen MR) is 63.8 cm³/mol. The fourth-order valence-corrected chi connectivity index (χ4v) is 2.05. The lowest BCUT2D eigenvalue weighted by Gasteiger charge is -2.10. The zero-order valence-corrected chi connectivity index (χ0v) is 10.6. The minimum absolute atomic E-state index is 0.0772. The quantitative estimate of drug-likeness (QED) is 0.809. The van der Waals surface area contributed by atoms with Gasteiger partial charge in [-0.1, -0.05) is 5.10 Å². The summed E-state index contributed by atoms with van der Waals surface area (Å²) >= 11 is 0. The van der Waals surface area contributed by atoms with Gasteiger partial charge in [0.05, 0.1) is 12.1 Å². The summed E-state index contributed by atoms with van der Waals surface area (Å²) in [5.74, 6) is 0.608. The van der Waals surface area contributed by atoms with Gasteiger partial charge in [0.2, 0.25) is 5.89 Å². The third-order valence-electron chi connectivity index (χ3n) is 3.29. The number of hydrogen-bond donors (Lipinski definition) is 2. The summed E-state index contributed by atoms with van der Waals surface area (Å²) in [6.07, 6.45) is 3.52. The SMILES string of the molecule is CNC(C)c1nnc(NC2CCC(OC)C2)o1. The second kappa shape index (κ2) is 5.46. The van der Waals surface area contributed by atoms with Crippen LogP contribution in [0.2, 0.25) is 0 Å². The van der Waals surface area contributed by atoms with Gasteiger partial charge in [-0.05, 0) is 33.2 Å². The van der Waals surface area contributed by atoms with Crippen molar-refractivity contribution in [1.82, 2.24) is 15.5 Å². The molecule has 1 heterocycles. The maximum atomic E-state index is 5.53. The first-order valence-electron chi connectivity index (χ1n) is 6.03. The van der Waals surface area contributed by atoms with Crippen LogP contribution in [-0.4, -0.2) is 36.5 Å². The number of ether oxygens (including phenoxy) is 1. The largest absolute Gasteiger partial charge is 0.406 e. The van der Waals surface area contributed by atoms with E-state index in [-0.39, 0.29) is 6.04 Å². The minimum atomic E-state index is 0.0772. The van der Waals surface area contributed by atoms with E-state index in [1.807, 2.05) is 14.0 Å². The number of nitrogens with zero attached hydrogens (tertiary/aromatic N) is 2. The smallest absolute Gasteiger partial charge is 0.315 e. The molecular formula is C11H20N4O2. The normalized spacial score (nSPS) is 26.1. The van der Waals surface area contributed by atoms with Crippen LogP contribution < -0.4 is 10.6 Å². The molecular weight excluding hydrogens is 220 g/mol. The predicted octanol–water partition coefficient (Wildman–Crippen LogP) is 1.33. The molecule has 0 aliphatic heterocycles. The molecule has 17 heavy (non-hydrogen) atoms. The topological polar surface area (TPSA) is 72.2 Å². The summed E-state index contributed by atoms with van der Waals surface area (Å²) in [6, 6.07) is 0.954. The van der Waals surface area contributed by atoms with Crippen molar-refractivity contribution in [3.8, 4) is 0 Å². The average molecular weight is 240 g/mol. The van der Waals surface area contributed by atoms with E-state index in [0.29, 0.717) is 24.1 Å². The lowest BCUT2D eigenvalue weighted by molar-refractivity contribution is 0.108. The molecule has 1 aromatic heterocycles. The van der Waals surface area contributed by atoms with E-state index < -0.39 is 0 Å². The third kappa shape index (κ3) is 2.95. The number of nitrogens with one attached hydrogen (secondary N) is 2. The molecule has 0 spiro atoms. The lowest BCUT2D eigenvalue weighted by atomic mass is 10.2. The van der Waals surface area contributed by atoms with E-state index in [4.69, 9.17) is 9.15 Å². The molecule has 3 unspecified atom stereocenters. The minimum Gasteiger partial charge on any atom is -0.406 e. The highest BCUT2D eigenvalue weighted by molar-refractivity contribution is 5.20. The first-order chi connectivity index (χ1) is 8.22. The van der Waals surface area contributed by atoms with Crippen LogP contribution in [0.4, 0.5) is 6.01 Å². The van der Waals surface area contributed by atoms with E-state index >= 15 is 0 Å². The molecule has 0 saturated heterocycles. The molecule has 1 aliphatic rings. The first kappa shape index (κ1) is 12.3. The molecule has 0 bridgehead atoms. The van der Waals surface area contributed by atoms with Gasteiger partial charge in [-0.15, -0.1) is 5.10 Å². The molecule has 1 saturated carbocycles. The molecule has 0 radical (unpaired) electrons. The molecule has 1 aliphatic carbocycles. The van der Waals surface area contributed by atoms with Crippen LogP contribution in [0.5, 0.6) is 0 Å². The standard InChI is InChI=1S/C11H20N4O2/c1-7(12-2)10-14-15-11(17-10)13-8-4-5-9(6-8)16-3/h7-9,12H,4-6H2,1-3H3,(H,13,15). The fourth-order valence-electron chi connectivity index (χ4n) is 2.05. The Balaban J connectivity index is 1.89. The van der Waals surface area contributed by atoms with E-state index in [1.165, 1.54) is 0 Å². The van der Waals surface area contributed by atoms with Crippen molar-refractivity contribution >= 4 is 6.01 Å². The Morgan fingerprint density at radius 3 is 2.88 bits per heavy atom. The third-order valence-corrected chi connectivity index (χ3v) is 3.29. The number of hydrogen-bond acceptors (Lipinski definition) is 6. The molecule has 3 atom stereocenters. The van der Waals surface area contributed by atoms with Crippen LogP contribution >= 0.6 is 0 Å². The molecule has 1 fully saturated rings. The summed E-state index contributed by atoms with van der Waals surface area (Å²) in [6.45, 7) is 1.98. The van der Waals surface area contributed by atoms with Crippen LogP contribution in [0.1, 0.15) is 38.1 Å². The van der Waals surface area contributed by atoms with Gasteiger partial charge in [0.15, 0.2) is 0 Å². The van der Waals surface area contributed by atoms with Gasteiger partial charge >= 0.3 is 6.01 Å².